The van der Waals surface area contributed by atoms with Gasteiger partial charge in [0, 0.05) is 13.1 Å². The first-order valence-corrected chi connectivity index (χ1v) is 10.8. The number of benzene rings is 1. The molecule has 1 aromatic carbocycles. The molecule has 0 spiro atoms. The van der Waals surface area contributed by atoms with Gasteiger partial charge in [0.2, 0.25) is 11.3 Å². The minimum atomic E-state index is -0.588. The first-order chi connectivity index (χ1) is 15.4. The van der Waals surface area contributed by atoms with E-state index in [1.54, 1.807) is 0 Å². The molecule has 0 saturated carbocycles. The maximum absolute atomic E-state index is 13.2. The Balaban J connectivity index is 1.79. The summed E-state index contributed by atoms with van der Waals surface area (Å²) in [5, 5.41) is 0. The van der Waals surface area contributed by atoms with E-state index in [0.29, 0.717) is 31.2 Å². The van der Waals surface area contributed by atoms with E-state index in [9.17, 15) is 9.59 Å². The molecule has 5 rings (SSSR count). The molecular weight excluding hydrogens is 416 g/mol. The number of aryl methyl sites for hydroxylation is 3. The molecule has 3 unspecified atom stereocenters. The van der Waals surface area contributed by atoms with Crippen molar-refractivity contribution in [3.8, 4) is 11.5 Å². The predicted molar refractivity (Wildman–Crippen MR) is 114 cm³/mol. The third-order valence-electron chi connectivity index (χ3n) is 6.51. The van der Waals surface area contributed by atoms with Crippen molar-refractivity contribution >= 4 is 11.0 Å². The van der Waals surface area contributed by atoms with Crippen molar-refractivity contribution in [3.63, 3.8) is 0 Å². The molecule has 3 atom stereocenters. The molecule has 4 aliphatic heterocycles. The van der Waals surface area contributed by atoms with Crippen LogP contribution in [0.15, 0.2) is 21.7 Å². The highest BCUT2D eigenvalue weighted by atomic mass is 16.7. The minimum absolute atomic E-state index is 0.122. The number of nitrogens with zero attached hydrogens (tertiary/aromatic N) is 4. The second kappa shape index (κ2) is 8.04. The molecule has 32 heavy (non-hydrogen) atoms. The van der Waals surface area contributed by atoms with Crippen LogP contribution in [0.2, 0.25) is 0 Å². The molecule has 0 aromatic heterocycles. The fourth-order valence-electron chi connectivity index (χ4n) is 4.58. The van der Waals surface area contributed by atoms with Gasteiger partial charge in [0.1, 0.15) is 44.0 Å². The molecule has 1 aromatic rings. The summed E-state index contributed by atoms with van der Waals surface area (Å²) in [4.78, 5) is 30.0. The van der Waals surface area contributed by atoms with E-state index >= 15 is 0 Å². The van der Waals surface area contributed by atoms with E-state index in [-0.39, 0.29) is 37.5 Å². The molecule has 0 N–H and O–H groups in total. The third kappa shape index (κ3) is 3.25. The van der Waals surface area contributed by atoms with Crippen molar-refractivity contribution in [2.24, 2.45) is 7.05 Å². The van der Waals surface area contributed by atoms with Crippen LogP contribution in [0.4, 0.5) is 0 Å². The normalized spacial score (nSPS) is 23.6. The van der Waals surface area contributed by atoms with E-state index in [1.807, 2.05) is 29.9 Å². The summed E-state index contributed by atoms with van der Waals surface area (Å²) in [5.74, 6) is 0.342. The summed E-state index contributed by atoms with van der Waals surface area (Å²) < 4.78 is 27.6. The van der Waals surface area contributed by atoms with Crippen molar-refractivity contribution in [1.29, 1.82) is 0 Å². The van der Waals surface area contributed by atoms with Crippen molar-refractivity contribution in [3.05, 3.63) is 44.1 Å². The van der Waals surface area contributed by atoms with E-state index in [0.717, 1.165) is 26.7 Å². The first kappa shape index (κ1) is 21.2. The molecule has 10 nitrogen and oxygen atoms in total. The molecular formula is C22H27N4O6+. The van der Waals surface area contributed by atoms with Crippen molar-refractivity contribution < 1.29 is 23.5 Å². The second-order valence-corrected chi connectivity index (χ2v) is 8.36. The van der Waals surface area contributed by atoms with Gasteiger partial charge in [-0.05, 0) is 38.0 Å². The molecule has 0 bridgehead atoms. The van der Waals surface area contributed by atoms with E-state index in [2.05, 4.69) is 17.1 Å². The lowest BCUT2D eigenvalue weighted by Crippen LogP contribution is -2.54. The Kier molecular flexibility index (Phi) is 5.32. The second-order valence-electron chi connectivity index (χ2n) is 8.36. The zero-order valence-corrected chi connectivity index (χ0v) is 18.7. The summed E-state index contributed by atoms with van der Waals surface area (Å²) in [6, 6.07) is 4.15. The lowest BCUT2D eigenvalue weighted by molar-refractivity contribution is -0.658. The van der Waals surface area contributed by atoms with E-state index < -0.39 is 5.69 Å². The molecule has 4 heterocycles. The Morgan fingerprint density at radius 2 is 1.91 bits per heavy atom. The highest BCUT2D eigenvalue weighted by molar-refractivity contribution is 5.77. The quantitative estimate of drug-likeness (QED) is 0.422. The molecule has 170 valence electrons. The summed E-state index contributed by atoms with van der Waals surface area (Å²) >= 11 is 0. The van der Waals surface area contributed by atoms with Crippen molar-refractivity contribution in [2.45, 2.75) is 52.2 Å². The van der Waals surface area contributed by atoms with Gasteiger partial charge in [0.05, 0.1) is 13.2 Å². The van der Waals surface area contributed by atoms with Gasteiger partial charge >= 0.3 is 16.9 Å². The first-order valence-electron chi connectivity index (χ1n) is 10.8. The zero-order valence-electron chi connectivity index (χ0n) is 18.7. The van der Waals surface area contributed by atoms with Crippen molar-refractivity contribution in [2.75, 3.05) is 20.2 Å². The molecule has 2 saturated heterocycles. The maximum Gasteiger partial charge on any atom is 0.352 e. The van der Waals surface area contributed by atoms with Crippen LogP contribution in [0.5, 0.6) is 0 Å². The van der Waals surface area contributed by atoms with Crippen LogP contribution >= 0.6 is 0 Å². The van der Waals surface area contributed by atoms with Gasteiger partial charge in [-0.25, -0.2) is 4.79 Å². The van der Waals surface area contributed by atoms with Crippen LogP contribution < -0.4 is 15.8 Å². The smallest absolute Gasteiger partial charge is 0.352 e. The number of rotatable bonds is 3. The van der Waals surface area contributed by atoms with Gasteiger partial charge < -0.3 is 23.5 Å². The van der Waals surface area contributed by atoms with Crippen LogP contribution in [0.3, 0.4) is 0 Å². The summed E-state index contributed by atoms with van der Waals surface area (Å²) in [7, 11) is 1.45. The number of fused-ring (bicyclic) bond motifs is 3. The summed E-state index contributed by atoms with van der Waals surface area (Å²) in [6.45, 7) is 7.70. The molecule has 0 amide bonds. The Labute approximate surface area is 184 Å². The maximum atomic E-state index is 13.2. The zero-order chi connectivity index (χ0) is 22.6. The fraction of sp³-hybridized carbons (Fsp3) is 0.545. The highest BCUT2D eigenvalue weighted by Crippen LogP contribution is 2.27. The SMILES string of the molecule is CC[n+]1c2c(=O)n(C)c(=O)nc-2n(CC2OCOC3COCOC32)c2cc(C)c(C)cc21. The van der Waals surface area contributed by atoms with Gasteiger partial charge in [0.25, 0.3) is 0 Å². The molecule has 0 aliphatic carbocycles. The average molecular weight is 443 g/mol. The Morgan fingerprint density at radius 3 is 2.69 bits per heavy atom. The van der Waals surface area contributed by atoms with Gasteiger partial charge in [0.15, 0.2) is 0 Å². The van der Waals surface area contributed by atoms with Crippen LogP contribution in [0, 0.1) is 13.8 Å². The molecule has 4 aliphatic rings. The largest absolute Gasteiger partial charge is 0.353 e. The van der Waals surface area contributed by atoms with Crippen molar-refractivity contribution in [1.82, 2.24) is 14.1 Å². The highest BCUT2D eigenvalue weighted by Gasteiger charge is 2.40. The predicted octanol–water partition coefficient (Wildman–Crippen LogP) is 0.239. The summed E-state index contributed by atoms with van der Waals surface area (Å²) in [6.07, 6.45) is -0.905. The minimum Gasteiger partial charge on any atom is -0.353 e. The van der Waals surface area contributed by atoms with E-state index in [1.165, 1.54) is 7.05 Å². The van der Waals surface area contributed by atoms with Crippen LogP contribution in [-0.2, 0) is 39.1 Å². The lowest BCUT2D eigenvalue weighted by atomic mass is 10.0. The van der Waals surface area contributed by atoms with E-state index in [4.69, 9.17) is 18.9 Å². The van der Waals surface area contributed by atoms with Crippen LogP contribution in [-0.4, -0.2) is 52.6 Å². The summed E-state index contributed by atoms with van der Waals surface area (Å²) in [5.41, 5.74) is 3.43. The standard InChI is InChI=1S/C22H27N4O6/c1-5-25-14-6-12(2)13(3)7-15(14)26(20-18(25)21(27)24(4)22(28)23-20)8-16-19-17(31-11-30-16)9-29-10-32-19/h6-7,16-17,19H,5,8-11H2,1-4H3/q+1. The Bertz CT molecular complexity index is 1280. The molecule has 2 fully saturated rings. The third-order valence-corrected chi connectivity index (χ3v) is 6.51. The molecule has 10 heteroatoms. The number of aromatic nitrogens is 4. The average Bonchev–Trinajstić information content (AvgIpc) is 2.79. The number of hydrogen-bond donors (Lipinski definition) is 0. The lowest BCUT2D eigenvalue weighted by Gasteiger charge is -2.40. The Hall–Kier alpha value is -2.66. The van der Waals surface area contributed by atoms with Gasteiger partial charge in [-0.1, -0.05) is 0 Å². The van der Waals surface area contributed by atoms with Gasteiger partial charge in [-0.15, -0.1) is 0 Å². The van der Waals surface area contributed by atoms with Gasteiger partial charge in [-0.2, -0.15) is 9.55 Å². The number of hydrogen-bond acceptors (Lipinski definition) is 7. The van der Waals surface area contributed by atoms with Crippen LogP contribution in [0.1, 0.15) is 18.1 Å². The fourth-order valence-corrected chi connectivity index (χ4v) is 4.58. The monoisotopic (exact) mass is 443 g/mol. The van der Waals surface area contributed by atoms with Crippen LogP contribution in [0.25, 0.3) is 22.6 Å². The topological polar surface area (TPSA) is 97.7 Å². The van der Waals surface area contributed by atoms with Gasteiger partial charge in [-0.3, -0.25) is 9.36 Å². The molecule has 0 radical (unpaired) electrons. The number of ether oxygens (including phenoxy) is 4. The Morgan fingerprint density at radius 1 is 1.12 bits per heavy atom.